The third-order valence-electron chi connectivity index (χ3n) is 3.42. The Morgan fingerprint density at radius 3 is 2.25 bits per heavy atom. The lowest BCUT2D eigenvalue weighted by molar-refractivity contribution is -0.133. The number of amides is 1. The minimum absolute atomic E-state index is 0.367. The second kappa shape index (κ2) is 7.66. The highest BCUT2D eigenvalue weighted by atomic mass is 16.2. The molecule has 0 aromatic rings. The van der Waals surface area contributed by atoms with Crippen molar-refractivity contribution in [1.82, 2.24) is 9.80 Å². The van der Waals surface area contributed by atoms with E-state index in [1.165, 1.54) is 19.3 Å². The van der Waals surface area contributed by atoms with Gasteiger partial charge in [-0.2, -0.15) is 0 Å². The summed E-state index contributed by atoms with van der Waals surface area (Å²) in [5.74, 6) is 0.367. The Morgan fingerprint density at radius 2 is 1.69 bits per heavy atom. The van der Waals surface area contributed by atoms with Crippen LogP contribution in [0.3, 0.4) is 0 Å². The van der Waals surface area contributed by atoms with Gasteiger partial charge >= 0.3 is 0 Å². The van der Waals surface area contributed by atoms with Gasteiger partial charge < -0.3 is 9.80 Å². The molecule has 0 aliphatic carbocycles. The second-order valence-electron chi connectivity index (χ2n) is 4.63. The molecule has 0 aromatic heterocycles. The number of piperazine rings is 1. The summed E-state index contributed by atoms with van der Waals surface area (Å²) < 4.78 is 0. The Bertz CT molecular complexity index is 198. The molecule has 1 heterocycles. The maximum Gasteiger partial charge on any atom is 0.222 e. The van der Waals surface area contributed by atoms with Gasteiger partial charge in [-0.1, -0.05) is 33.1 Å². The molecule has 3 heteroatoms. The van der Waals surface area contributed by atoms with Crippen LogP contribution in [-0.2, 0) is 4.79 Å². The van der Waals surface area contributed by atoms with Gasteiger partial charge in [-0.05, 0) is 13.0 Å². The van der Waals surface area contributed by atoms with Crippen LogP contribution >= 0.6 is 0 Å². The van der Waals surface area contributed by atoms with E-state index in [9.17, 15) is 4.79 Å². The van der Waals surface area contributed by atoms with E-state index in [1.54, 1.807) is 0 Å². The summed E-state index contributed by atoms with van der Waals surface area (Å²) in [5, 5.41) is 0. The third kappa shape index (κ3) is 4.52. The fraction of sp³-hybridized carbons (Fsp3) is 0.923. The zero-order valence-electron chi connectivity index (χ0n) is 10.9. The molecule has 1 rings (SSSR count). The van der Waals surface area contributed by atoms with E-state index in [-0.39, 0.29) is 0 Å². The number of unbranched alkanes of at least 4 members (excludes halogenated alkanes) is 3. The van der Waals surface area contributed by atoms with Crippen molar-refractivity contribution in [2.24, 2.45) is 0 Å². The molecule has 1 amide bonds. The van der Waals surface area contributed by atoms with E-state index in [1.807, 2.05) is 4.90 Å². The molecule has 1 aliphatic heterocycles. The van der Waals surface area contributed by atoms with Crippen molar-refractivity contribution in [3.05, 3.63) is 0 Å². The Morgan fingerprint density at radius 1 is 1.00 bits per heavy atom. The maximum atomic E-state index is 11.9. The first-order chi connectivity index (χ1) is 7.77. The van der Waals surface area contributed by atoms with Crippen LogP contribution in [0.1, 0.15) is 46.0 Å². The molecule has 0 aromatic carbocycles. The SMILES string of the molecule is CCCCCCC(=O)N1CCN(CC)CC1. The zero-order chi connectivity index (χ0) is 11.8. The highest BCUT2D eigenvalue weighted by molar-refractivity contribution is 5.76. The van der Waals surface area contributed by atoms with Crippen molar-refractivity contribution in [2.45, 2.75) is 46.0 Å². The molecular weight excluding hydrogens is 200 g/mol. The summed E-state index contributed by atoms with van der Waals surface area (Å²) in [4.78, 5) is 16.3. The van der Waals surface area contributed by atoms with Crippen molar-refractivity contribution in [3.8, 4) is 0 Å². The number of hydrogen-bond acceptors (Lipinski definition) is 2. The number of likely N-dealkylation sites (N-methyl/N-ethyl adjacent to an activating group) is 1. The molecule has 16 heavy (non-hydrogen) atoms. The number of rotatable bonds is 6. The molecule has 0 saturated carbocycles. The molecule has 1 aliphatic rings. The molecule has 0 spiro atoms. The quantitative estimate of drug-likeness (QED) is 0.648. The van der Waals surface area contributed by atoms with Crippen LogP contribution in [0.5, 0.6) is 0 Å². The van der Waals surface area contributed by atoms with E-state index in [4.69, 9.17) is 0 Å². The van der Waals surface area contributed by atoms with Gasteiger partial charge in [-0.25, -0.2) is 0 Å². The van der Waals surface area contributed by atoms with Crippen LogP contribution in [0, 0.1) is 0 Å². The van der Waals surface area contributed by atoms with E-state index < -0.39 is 0 Å². The third-order valence-corrected chi connectivity index (χ3v) is 3.42. The monoisotopic (exact) mass is 226 g/mol. The molecule has 0 unspecified atom stereocenters. The molecule has 0 bridgehead atoms. The number of carbonyl (C=O) groups is 1. The predicted molar refractivity (Wildman–Crippen MR) is 67.5 cm³/mol. The fourth-order valence-corrected chi connectivity index (χ4v) is 2.17. The minimum Gasteiger partial charge on any atom is -0.340 e. The maximum absolute atomic E-state index is 11.9. The lowest BCUT2D eigenvalue weighted by Gasteiger charge is -2.34. The van der Waals surface area contributed by atoms with Crippen molar-refractivity contribution < 1.29 is 4.79 Å². The van der Waals surface area contributed by atoms with Gasteiger partial charge in [0.15, 0.2) is 0 Å². The Labute approximate surface area is 99.8 Å². The largest absolute Gasteiger partial charge is 0.340 e. The summed E-state index contributed by atoms with van der Waals surface area (Å²) in [6.45, 7) is 9.46. The molecular formula is C13H26N2O. The number of nitrogens with zero attached hydrogens (tertiary/aromatic N) is 2. The van der Waals surface area contributed by atoms with Crippen molar-refractivity contribution in [1.29, 1.82) is 0 Å². The molecule has 1 saturated heterocycles. The standard InChI is InChI=1S/C13H26N2O/c1-3-5-6-7-8-13(16)15-11-9-14(4-2)10-12-15/h3-12H2,1-2H3. The summed E-state index contributed by atoms with van der Waals surface area (Å²) >= 11 is 0. The average molecular weight is 226 g/mol. The first-order valence-electron chi connectivity index (χ1n) is 6.78. The van der Waals surface area contributed by atoms with E-state index in [0.717, 1.165) is 45.6 Å². The Balaban J connectivity index is 2.13. The highest BCUT2D eigenvalue weighted by Gasteiger charge is 2.19. The Kier molecular flexibility index (Phi) is 6.46. The number of hydrogen-bond donors (Lipinski definition) is 0. The molecule has 94 valence electrons. The second-order valence-corrected chi connectivity index (χ2v) is 4.63. The van der Waals surface area contributed by atoms with Crippen molar-refractivity contribution in [2.75, 3.05) is 32.7 Å². The molecule has 0 radical (unpaired) electrons. The van der Waals surface area contributed by atoms with Crippen LogP contribution in [-0.4, -0.2) is 48.4 Å². The Hall–Kier alpha value is -0.570. The van der Waals surface area contributed by atoms with Gasteiger partial charge in [-0.3, -0.25) is 4.79 Å². The lowest BCUT2D eigenvalue weighted by Crippen LogP contribution is -2.48. The van der Waals surface area contributed by atoms with Crippen LogP contribution in [0.4, 0.5) is 0 Å². The van der Waals surface area contributed by atoms with Gasteiger partial charge in [-0.15, -0.1) is 0 Å². The van der Waals surface area contributed by atoms with E-state index >= 15 is 0 Å². The predicted octanol–water partition coefficient (Wildman–Crippen LogP) is 2.12. The minimum atomic E-state index is 0.367. The smallest absolute Gasteiger partial charge is 0.222 e. The van der Waals surface area contributed by atoms with Gasteiger partial charge in [0.1, 0.15) is 0 Å². The molecule has 1 fully saturated rings. The van der Waals surface area contributed by atoms with Gasteiger partial charge in [0.05, 0.1) is 0 Å². The van der Waals surface area contributed by atoms with Gasteiger partial charge in [0.25, 0.3) is 0 Å². The summed E-state index contributed by atoms with van der Waals surface area (Å²) in [6.07, 6.45) is 5.53. The normalized spacial score (nSPS) is 17.8. The summed E-state index contributed by atoms with van der Waals surface area (Å²) in [7, 11) is 0. The lowest BCUT2D eigenvalue weighted by atomic mass is 10.1. The molecule has 0 atom stereocenters. The van der Waals surface area contributed by atoms with E-state index in [0.29, 0.717) is 5.91 Å². The fourth-order valence-electron chi connectivity index (χ4n) is 2.17. The molecule has 0 N–H and O–H groups in total. The van der Waals surface area contributed by atoms with Crippen LogP contribution in [0.15, 0.2) is 0 Å². The topological polar surface area (TPSA) is 23.6 Å². The van der Waals surface area contributed by atoms with Gasteiger partial charge in [0, 0.05) is 32.6 Å². The van der Waals surface area contributed by atoms with Crippen LogP contribution in [0.2, 0.25) is 0 Å². The van der Waals surface area contributed by atoms with Crippen LogP contribution < -0.4 is 0 Å². The highest BCUT2D eigenvalue weighted by Crippen LogP contribution is 2.08. The number of carbonyl (C=O) groups excluding carboxylic acids is 1. The van der Waals surface area contributed by atoms with Crippen molar-refractivity contribution in [3.63, 3.8) is 0 Å². The first kappa shape index (κ1) is 13.5. The zero-order valence-corrected chi connectivity index (χ0v) is 10.9. The average Bonchev–Trinajstić information content (AvgIpc) is 2.34. The van der Waals surface area contributed by atoms with Gasteiger partial charge in [0.2, 0.25) is 5.91 Å². The van der Waals surface area contributed by atoms with Crippen LogP contribution in [0.25, 0.3) is 0 Å². The summed E-state index contributed by atoms with van der Waals surface area (Å²) in [5.41, 5.74) is 0. The molecule has 3 nitrogen and oxygen atoms in total. The first-order valence-corrected chi connectivity index (χ1v) is 6.78. The van der Waals surface area contributed by atoms with Crippen molar-refractivity contribution >= 4 is 5.91 Å². The van der Waals surface area contributed by atoms with E-state index in [2.05, 4.69) is 18.7 Å². The summed E-state index contributed by atoms with van der Waals surface area (Å²) in [6, 6.07) is 0.